The van der Waals surface area contributed by atoms with Crippen molar-refractivity contribution in [2.45, 2.75) is 24.4 Å². The number of allylic oxidation sites excluding steroid dienone is 1. The van der Waals surface area contributed by atoms with E-state index in [0.717, 1.165) is 18.9 Å². The number of benzene rings is 1. The first kappa shape index (κ1) is 38.0. The number of carbonyl (C=O) groups is 4. The molecular weight excluding hydrogens is 793 g/mol. The first-order valence-electron chi connectivity index (χ1n) is 14.2. The molecule has 1 amide bonds. The number of aliphatic carboxylic acids is 3. The van der Waals surface area contributed by atoms with Gasteiger partial charge in [0.2, 0.25) is 0 Å². The molecule has 2 aliphatic rings. The fourth-order valence-electron chi connectivity index (χ4n) is 4.93. The number of thioether (sulfide) groups is 2. The number of aromatic nitrogens is 2. The van der Waals surface area contributed by atoms with Gasteiger partial charge < -0.3 is 25.0 Å². The van der Waals surface area contributed by atoms with Crippen LogP contribution in [-0.2, 0) is 47.1 Å². The van der Waals surface area contributed by atoms with Gasteiger partial charge in [0.05, 0.1) is 23.1 Å². The Hall–Kier alpha value is -4.26. The number of carboxylic acids is 3. The molecule has 1 aromatic carbocycles. The Labute approximate surface area is 307 Å². The van der Waals surface area contributed by atoms with E-state index in [1.807, 2.05) is 6.07 Å². The number of fused-ring (bicyclic) bond motifs is 1. The zero-order chi connectivity index (χ0) is 37.4. The van der Waals surface area contributed by atoms with Crippen molar-refractivity contribution in [2.75, 3.05) is 30.9 Å². The molecule has 270 valence electrons. The van der Waals surface area contributed by atoms with Gasteiger partial charge in [-0.3, -0.25) is 47.4 Å². The van der Waals surface area contributed by atoms with Crippen molar-refractivity contribution < 1.29 is 52.2 Å². The summed E-state index contributed by atoms with van der Waals surface area (Å²) in [6, 6.07) is 7.16. The molecule has 1 fully saturated rings. The Morgan fingerprint density at radius 2 is 1.51 bits per heavy atom. The number of thiazole rings is 2. The topological polar surface area (TPSA) is 243 Å². The monoisotopic (exact) mass is 816 g/mol. The van der Waals surface area contributed by atoms with E-state index < -0.39 is 70.4 Å². The lowest BCUT2D eigenvalue weighted by Gasteiger charge is -2.21. The molecule has 0 atom stereocenters. The Kier molecular flexibility index (Phi) is 11.3. The number of methoxy groups -OCH3 is 1. The molecule has 0 spiro atoms. The molecule has 0 aliphatic carbocycles. The highest BCUT2D eigenvalue weighted by molar-refractivity contribution is 8.30. The van der Waals surface area contributed by atoms with Gasteiger partial charge in [0.25, 0.3) is 27.1 Å². The first-order valence-corrected chi connectivity index (χ1v) is 19.5. The van der Waals surface area contributed by atoms with Crippen molar-refractivity contribution in [1.29, 1.82) is 0 Å². The van der Waals surface area contributed by atoms with Gasteiger partial charge >= 0.3 is 17.9 Å². The van der Waals surface area contributed by atoms with Gasteiger partial charge in [-0.2, -0.15) is 8.42 Å². The summed E-state index contributed by atoms with van der Waals surface area (Å²) in [7, 11) is -2.93. The van der Waals surface area contributed by atoms with Crippen LogP contribution < -0.4 is 25.2 Å². The zero-order valence-electron chi connectivity index (χ0n) is 25.8. The Morgan fingerprint density at radius 3 is 2.12 bits per heavy atom. The molecule has 23 heteroatoms. The second-order valence-electron chi connectivity index (χ2n) is 10.4. The molecule has 0 saturated carbocycles. The van der Waals surface area contributed by atoms with E-state index in [4.69, 9.17) is 17.0 Å². The van der Waals surface area contributed by atoms with Crippen LogP contribution in [0.2, 0.25) is 0 Å². The molecule has 3 aromatic rings. The Morgan fingerprint density at radius 1 is 0.882 bits per heavy atom. The van der Waals surface area contributed by atoms with Crippen LogP contribution >= 0.6 is 58.4 Å². The number of nitrogens with zero attached hydrogens (tertiary/aromatic N) is 4. The van der Waals surface area contributed by atoms with Crippen molar-refractivity contribution >= 4 is 113 Å². The molecule has 17 nitrogen and oxygen atoms in total. The summed E-state index contributed by atoms with van der Waals surface area (Å²) in [5, 5.41) is 28.9. The number of rotatable bonds is 12. The summed E-state index contributed by atoms with van der Waals surface area (Å²) >= 11 is 8.39. The minimum absolute atomic E-state index is 0.0324. The molecule has 1 saturated heterocycles. The molecule has 2 aromatic heterocycles. The average Bonchev–Trinajstić information content (AvgIpc) is 3.73. The summed E-state index contributed by atoms with van der Waals surface area (Å²) in [5.74, 6) is -5.53. The molecule has 0 radical (unpaired) electrons. The zero-order valence-corrected chi connectivity index (χ0v) is 30.7. The van der Waals surface area contributed by atoms with Crippen LogP contribution in [0.25, 0.3) is 11.0 Å². The fourth-order valence-corrected chi connectivity index (χ4v) is 10.4. The van der Waals surface area contributed by atoms with Crippen LogP contribution in [0.1, 0.15) is 6.42 Å². The van der Waals surface area contributed by atoms with Gasteiger partial charge in [-0.15, -0.1) is 22.7 Å². The summed E-state index contributed by atoms with van der Waals surface area (Å²) in [6.45, 7) is -2.47. The average molecular weight is 817 g/mol. The molecule has 51 heavy (non-hydrogen) atoms. The Balaban J connectivity index is 1.78. The van der Waals surface area contributed by atoms with E-state index in [9.17, 15) is 57.1 Å². The number of anilines is 1. The molecule has 4 heterocycles. The molecule has 4 N–H and O–H groups in total. The lowest BCUT2D eigenvalue weighted by atomic mass is 10.2. The molecule has 5 rings (SSSR count). The lowest BCUT2D eigenvalue weighted by molar-refractivity contribution is -0.140. The van der Waals surface area contributed by atoms with Crippen LogP contribution in [0.3, 0.4) is 0 Å². The number of ether oxygens (including phenoxy) is 1. The number of para-hydroxylation sites is 1. The third-order valence-electron chi connectivity index (χ3n) is 6.99. The van der Waals surface area contributed by atoms with Crippen LogP contribution in [-0.4, -0.2) is 96.4 Å². The predicted octanol–water partition coefficient (Wildman–Crippen LogP) is 0.128. The van der Waals surface area contributed by atoms with Crippen molar-refractivity contribution in [1.82, 2.24) is 14.0 Å². The summed E-state index contributed by atoms with van der Waals surface area (Å²) in [6.07, 6.45) is 1.36. The van der Waals surface area contributed by atoms with Crippen LogP contribution in [0.15, 0.2) is 49.5 Å². The molecule has 2 aliphatic heterocycles. The van der Waals surface area contributed by atoms with E-state index in [-0.39, 0.29) is 46.3 Å². The molecule has 0 bridgehead atoms. The third-order valence-corrected chi connectivity index (χ3v) is 13.0. The first-order chi connectivity index (χ1) is 24.0. The van der Waals surface area contributed by atoms with Crippen LogP contribution in [0.5, 0.6) is 0 Å². The number of carboxylic acid groups (broad SMARTS) is 3. The minimum Gasteiger partial charge on any atom is -0.494 e. The number of carbonyl (C=O) groups excluding carboxylic acids is 1. The van der Waals surface area contributed by atoms with Crippen molar-refractivity contribution in [3.8, 4) is 0 Å². The van der Waals surface area contributed by atoms with E-state index in [1.54, 1.807) is 23.1 Å². The predicted molar refractivity (Wildman–Crippen MR) is 191 cm³/mol. The number of hydrogen-bond acceptors (Lipinski definition) is 15. The van der Waals surface area contributed by atoms with Crippen molar-refractivity contribution in [2.24, 2.45) is 0 Å². The standard InChI is InChI=1S/C28H24N4O13S6/c1-45-14(25-29(7-4-8-51(42,43)44)13-5-2-3-6-15(13)47-25)9-16-22(39)30(10-17(33)34)26(48-16)20-23(40)31(11-18(35)36)27(49-20)21-24(41)32(12-19(37)38)28(46)50-21/h2-3,5-6,9H,4,7-8,10-12H2,1H3,(H,33,34)(H,35,36)(H,37,38)(H,42,43,44)/b16-9?,25-14?,26-20+,27-21?. The van der Waals surface area contributed by atoms with Crippen LogP contribution in [0.4, 0.5) is 5.69 Å². The molecular formula is C28H24N4O13S6. The van der Waals surface area contributed by atoms with Gasteiger partial charge in [-0.05, 0) is 18.6 Å². The Bertz CT molecular complexity index is 2500. The van der Waals surface area contributed by atoms with Gasteiger partial charge in [0.1, 0.15) is 47.7 Å². The summed E-state index contributed by atoms with van der Waals surface area (Å²) < 4.78 is 38.4. The number of hydrogen-bond donors (Lipinski definition) is 4. The fraction of sp³-hybridized carbons (Fsp3) is 0.250. The second kappa shape index (κ2) is 15.1. The minimum atomic E-state index is -4.25. The van der Waals surface area contributed by atoms with E-state index in [0.29, 0.717) is 45.2 Å². The largest absolute Gasteiger partial charge is 0.494 e. The highest BCUT2D eigenvalue weighted by Gasteiger charge is 2.36. The quantitative estimate of drug-likeness (QED) is 0.108. The lowest BCUT2D eigenvalue weighted by Crippen LogP contribution is -2.35. The van der Waals surface area contributed by atoms with Crippen molar-refractivity contribution in [3.05, 3.63) is 74.2 Å². The highest BCUT2D eigenvalue weighted by Crippen LogP contribution is 2.47. The smallest absolute Gasteiger partial charge is 0.323 e. The highest BCUT2D eigenvalue weighted by atomic mass is 32.2. The summed E-state index contributed by atoms with van der Waals surface area (Å²) in [5.41, 5.74) is -1.09. The van der Waals surface area contributed by atoms with Gasteiger partial charge in [-0.25, -0.2) is 0 Å². The normalized spacial score (nSPS) is 17.6. The van der Waals surface area contributed by atoms with Gasteiger partial charge in [0.15, 0.2) is 5.76 Å². The number of thiocarbonyl (C=S) groups is 1. The summed E-state index contributed by atoms with van der Waals surface area (Å²) in [4.78, 5) is 78.8. The maximum absolute atomic E-state index is 13.8. The number of amides is 1. The maximum Gasteiger partial charge on any atom is 0.323 e. The SMILES string of the molecule is COC(C=c1s/c(=c2/sc(=C3SC(=S)N(CC(=O)O)C3=O)n(CC(=O)O)c2=O)n(CC(=O)O)c1=O)=C1Sc2ccccc2N1CCCS(=O)(=O)O. The maximum atomic E-state index is 13.8. The second-order valence-corrected chi connectivity index (χ2v) is 16.7. The van der Waals surface area contributed by atoms with Gasteiger partial charge in [-0.1, -0.05) is 47.9 Å². The van der Waals surface area contributed by atoms with Gasteiger partial charge in [0, 0.05) is 17.5 Å². The van der Waals surface area contributed by atoms with Crippen molar-refractivity contribution in [3.63, 3.8) is 0 Å². The van der Waals surface area contributed by atoms with E-state index >= 15 is 0 Å². The molecule has 0 unspecified atom stereocenters. The van der Waals surface area contributed by atoms with E-state index in [2.05, 4.69) is 0 Å². The third kappa shape index (κ3) is 8.13. The van der Waals surface area contributed by atoms with E-state index in [1.165, 1.54) is 24.9 Å². The van der Waals surface area contributed by atoms with Crippen LogP contribution in [0, 0.1) is 9.20 Å².